The van der Waals surface area contributed by atoms with Crippen LogP contribution in [0, 0.1) is 11.3 Å². The summed E-state index contributed by atoms with van der Waals surface area (Å²) < 4.78 is 8.43. The van der Waals surface area contributed by atoms with Crippen LogP contribution in [-0.4, -0.2) is 27.9 Å². The van der Waals surface area contributed by atoms with Crippen LogP contribution in [-0.2, 0) is 6.42 Å². The zero-order valence-electron chi connectivity index (χ0n) is 19.3. The summed E-state index contributed by atoms with van der Waals surface area (Å²) in [4.78, 5) is 4.48. The van der Waals surface area contributed by atoms with Crippen molar-refractivity contribution in [1.29, 1.82) is 5.26 Å². The molecular formula is C26H39N3Sn. The molecule has 0 radical (unpaired) electrons. The first kappa shape index (κ1) is 23.4. The van der Waals surface area contributed by atoms with E-state index in [0.717, 1.165) is 12.0 Å². The molecule has 3 rings (SSSR count). The molecule has 1 aromatic heterocycles. The Morgan fingerprint density at radius 2 is 1.73 bits per heavy atom. The zero-order chi connectivity index (χ0) is 21.4. The second kappa shape index (κ2) is 11.4. The fourth-order valence-electron chi connectivity index (χ4n) is 5.43. The van der Waals surface area contributed by atoms with Crippen LogP contribution in [0.5, 0.6) is 0 Å². The summed E-state index contributed by atoms with van der Waals surface area (Å²) in [5.74, 6) is 0. The number of fused-ring (bicyclic) bond motifs is 1. The summed E-state index contributed by atoms with van der Waals surface area (Å²) >= 11 is -2.66. The van der Waals surface area contributed by atoms with E-state index in [1.807, 2.05) is 6.33 Å². The van der Waals surface area contributed by atoms with E-state index >= 15 is 0 Å². The quantitative estimate of drug-likeness (QED) is 0.313. The van der Waals surface area contributed by atoms with Crippen LogP contribution in [0.3, 0.4) is 0 Å². The van der Waals surface area contributed by atoms with E-state index < -0.39 is 18.4 Å². The standard InChI is InChI=1S/C14H12N3.3C4H9.Sn/c15-8-11-4-6-12(7-5-11)14-3-1-2-13-9-16-10-17(13)14;3*1-3-4-2;/h4-6,9-10,14H,1-3H2;3*1,3-4H2,2H3;. The number of imidazole rings is 1. The molecule has 30 heavy (non-hydrogen) atoms. The molecule has 4 heteroatoms. The molecule has 0 aliphatic carbocycles. The average Bonchev–Trinajstić information content (AvgIpc) is 3.27. The van der Waals surface area contributed by atoms with Gasteiger partial charge in [0.05, 0.1) is 0 Å². The second-order valence-electron chi connectivity index (χ2n) is 9.21. The van der Waals surface area contributed by atoms with Crippen molar-refractivity contribution in [2.24, 2.45) is 0 Å². The molecule has 1 aliphatic heterocycles. The van der Waals surface area contributed by atoms with Gasteiger partial charge >= 0.3 is 188 Å². The Bertz CT molecular complexity index is 826. The van der Waals surface area contributed by atoms with Crippen LogP contribution < -0.4 is 3.58 Å². The van der Waals surface area contributed by atoms with E-state index in [4.69, 9.17) is 0 Å². The first-order chi connectivity index (χ1) is 14.7. The Labute approximate surface area is 187 Å². The fourth-order valence-corrected chi connectivity index (χ4v) is 22.5. The Kier molecular flexibility index (Phi) is 8.86. The van der Waals surface area contributed by atoms with Crippen LogP contribution >= 0.6 is 0 Å². The van der Waals surface area contributed by atoms with Gasteiger partial charge in [0, 0.05) is 0 Å². The third kappa shape index (κ3) is 5.13. The van der Waals surface area contributed by atoms with Gasteiger partial charge < -0.3 is 0 Å². The molecule has 162 valence electrons. The predicted octanol–water partition coefficient (Wildman–Crippen LogP) is 6.74. The second-order valence-corrected chi connectivity index (χ2v) is 22.3. The van der Waals surface area contributed by atoms with Crippen molar-refractivity contribution < 1.29 is 0 Å². The average molecular weight is 512 g/mol. The SMILES string of the molecule is CCC[CH2][Sn]([CH2]CCC)([CH2]CCC)[c]1cc(C#N)ccc1C1CCCc2cncn21. The summed E-state index contributed by atoms with van der Waals surface area (Å²) in [6.07, 6.45) is 15.5. The van der Waals surface area contributed by atoms with Gasteiger partial charge in [-0.15, -0.1) is 0 Å². The number of rotatable bonds is 11. The van der Waals surface area contributed by atoms with Crippen molar-refractivity contribution in [3.8, 4) is 6.07 Å². The number of hydrogen-bond acceptors (Lipinski definition) is 2. The summed E-state index contributed by atoms with van der Waals surface area (Å²) in [6.45, 7) is 7.01. The third-order valence-electron chi connectivity index (χ3n) is 7.13. The molecular weight excluding hydrogens is 473 g/mol. The molecule has 0 N–H and O–H groups in total. The number of hydrogen-bond donors (Lipinski definition) is 0. The van der Waals surface area contributed by atoms with Gasteiger partial charge in [0.25, 0.3) is 0 Å². The number of aryl methyl sites for hydroxylation is 1. The van der Waals surface area contributed by atoms with Gasteiger partial charge in [0.2, 0.25) is 0 Å². The van der Waals surface area contributed by atoms with Crippen LogP contribution in [0.1, 0.15) is 95.0 Å². The molecule has 1 aliphatic rings. The zero-order valence-corrected chi connectivity index (χ0v) is 22.1. The summed E-state index contributed by atoms with van der Waals surface area (Å²) in [6, 6.07) is 9.61. The molecule has 1 aromatic carbocycles. The van der Waals surface area contributed by atoms with Gasteiger partial charge in [-0.25, -0.2) is 0 Å². The minimum atomic E-state index is -2.66. The van der Waals surface area contributed by atoms with E-state index in [-0.39, 0.29) is 0 Å². The van der Waals surface area contributed by atoms with E-state index in [1.54, 1.807) is 3.58 Å². The van der Waals surface area contributed by atoms with Crippen LogP contribution in [0.15, 0.2) is 30.7 Å². The Morgan fingerprint density at radius 3 is 2.33 bits per heavy atom. The fraction of sp³-hybridized carbons (Fsp3) is 0.615. The molecule has 0 saturated heterocycles. The van der Waals surface area contributed by atoms with Gasteiger partial charge in [-0.05, 0) is 0 Å². The van der Waals surface area contributed by atoms with Crippen molar-refractivity contribution in [2.45, 2.75) is 97.9 Å². The van der Waals surface area contributed by atoms with Crippen molar-refractivity contribution in [3.05, 3.63) is 47.5 Å². The normalized spacial score (nSPS) is 16.3. The predicted molar refractivity (Wildman–Crippen MR) is 129 cm³/mol. The monoisotopic (exact) mass is 513 g/mol. The van der Waals surface area contributed by atoms with Crippen molar-refractivity contribution in [1.82, 2.24) is 9.55 Å². The molecule has 2 aromatic rings. The van der Waals surface area contributed by atoms with Crippen molar-refractivity contribution >= 4 is 22.0 Å². The third-order valence-corrected chi connectivity index (χ3v) is 22.9. The van der Waals surface area contributed by atoms with Crippen LogP contribution in [0.4, 0.5) is 0 Å². The topological polar surface area (TPSA) is 41.6 Å². The molecule has 2 heterocycles. The number of aromatic nitrogens is 2. The van der Waals surface area contributed by atoms with Gasteiger partial charge in [0.1, 0.15) is 0 Å². The number of nitrogens with zero attached hydrogens (tertiary/aromatic N) is 3. The van der Waals surface area contributed by atoms with Crippen molar-refractivity contribution in [2.75, 3.05) is 0 Å². The van der Waals surface area contributed by atoms with Gasteiger partial charge in [-0.2, -0.15) is 0 Å². The summed E-state index contributed by atoms with van der Waals surface area (Å²) in [5.41, 5.74) is 3.77. The van der Waals surface area contributed by atoms with Gasteiger partial charge in [-0.3, -0.25) is 0 Å². The van der Waals surface area contributed by atoms with E-state index in [2.05, 4.69) is 60.8 Å². The first-order valence-electron chi connectivity index (χ1n) is 12.2. The Balaban J connectivity index is 2.15. The molecule has 0 amide bonds. The number of unbranched alkanes of at least 4 members (excludes halogenated alkanes) is 3. The molecule has 0 bridgehead atoms. The van der Waals surface area contributed by atoms with Crippen LogP contribution in [0.2, 0.25) is 13.3 Å². The first-order valence-corrected chi connectivity index (χ1v) is 19.7. The Hall–Kier alpha value is -1.28. The van der Waals surface area contributed by atoms with Crippen LogP contribution in [0.25, 0.3) is 0 Å². The summed E-state index contributed by atoms with van der Waals surface area (Å²) in [5, 5.41) is 9.74. The molecule has 0 spiro atoms. The van der Waals surface area contributed by atoms with E-state index in [0.29, 0.717) is 6.04 Å². The maximum atomic E-state index is 9.74. The minimum absolute atomic E-state index is 0.403. The van der Waals surface area contributed by atoms with E-state index in [1.165, 1.54) is 75.9 Å². The number of benzene rings is 1. The molecule has 0 fully saturated rings. The maximum absolute atomic E-state index is 9.74. The number of nitriles is 1. The molecule has 1 atom stereocenters. The Morgan fingerprint density at radius 1 is 1.07 bits per heavy atom. The molecule has 0 saturated carbocycles. The molecule has 1 unspecified atom stereocenters. The van der Waals surface area contributed by atoms with Gasteiger partial charge in [0.15, 0.2) is 0 Å². The van der Waals surface area contributed by atoms with E-state index in [9.17, 15) is 5.26 Å². The molecule has 3 nitrogen and oxygen atoms in total. The van der Waals surface area contributed by atoms with Crippen molar-refractivity contribution in [3.63, 3.8) is 0 Å². The summed E-state index contributed by atoms with van der Waals surface area (Å²) in [7, 11) is 0. The van der Waals surface area contributed by atoms with Gasteiger partial charge in [-0.1, -0.05) is 0 Å².